The van der Waals surface area contributed by atoms with Crippen molar-refractivity contribution in [1.29, 1.82) is 0 Å². The first-order valence-electron chi connectivity index (χ1n) is 6.05. The van der Waals surface area contributed by atoms with Crippen molar-refractivity contribution in [3.8, 4) is 0 Å². The van der Waals surface area contributed by atoms with Crippen molar-refractivity contribution in [2.75, 3.05) is 6.54 Å². The minimum Gasteiger partial charge on any atom is -0.462 e. The topological polar surface area (TPSA) is 45.4 Å². The molecule has 0 saturated heterocycles. The van der Waals surface area contributed by atoms with E-state index in [1.807, 2.05) is 12.1 Å². The molecule has 16 heavy (non-hydrogen) atoms. The van der Waals surface area contributed by atoms with Crippen LogP contribution >= 0.6 is 0 Å². The van der Waals surface area contributed by atoms with Crippen molar-refractivity contribution in [3.63, 3.8) is 0 Å². The monoisotopic (exact) mass is 223 g/mol. The summed E-state index contributed by atoms with van der Waals surface area (Å²) in [5, 5.41) is 12.3. The lowest BCUT2D eigenvalue weighted by Crippen LogP contribution is -2.27. The highest BCUT2D eigenvalue weighted by molar-refractivity contribution is 5.06. The Morgan fingerprint density at radius 1 is 1.38 bits per heavy atom. The Bertz CT molecular complexity index is 339. The zero-order chi connectivity index (χ0) is 11.6. The van der Waals surface area contributed by atoms with Gasteiger partial charge in [-0.1, -0.05) is 13.8 Å². The molecule has 1 saturated carbocycles. The van der Waals surface area contributed by atoms with Gasteiger partial charge in [-0.05, 0) is 36.3 Å². The minimum absolute atomic E-state index is 0.0179. The summed E-state index contributed by atoms with van der Waals surface area (Å²) in [4.78, 5) is 0. The fourth-order valence-corrected chi connectivity index (χ4v) is 2.16. The van der Waals surface area contributed by atoms with E-state index in [2.05, 4.69) is 19.2 Å². The van der Waals surface area contributed by atoms with Crippen LogP contribution in [0.15, 0.2) is 16.5 Å². The van der Waals surface area contributed by atoms with Crippen LogP contribution in [0.2, 0.25) is 0 Å². The van der Waals surface area contributed by atoms with Gasteiger partial charge in [0.1, 0.15) is 18.1 Å². The molecule has 1 aliphatic carbocycles. The summed E-state index contributed by atoms with van der Waals surface area (Å²) in [7, 11) is 0. The first-order chi connectivity index (χ1) is 7.66. The highest BCUT2D eigenvalue weighted by Gasteiger charge is 2.44. The molecule has 1 aromatic rings. The molecule has 0 bridgehead atoms. The van der Waals surface area contributed by atoms with Gasteiger partial charge < -0.3 is 14.8 Å². The minimum atomic E-state index is -0.0179. The van der Waals surface area contributed by atoms with Gasteiger partial charge in [0, 0.05) is 6.54 Å². The van der Waals surface area contributed by atoms with E-state index in [0.717, 1.165) is 24.8 Å². The van der Waals surface area contributed by atoms with E-state index in [9.17, 15) is 0 Å². The third-order valence-electron chi connectivity index (χ3n) is 3.77. The molecule has 0 amide bonds. The van der Waals surface area contributed by atoms with Crippen LogP contribution in [0, 0.1) is 11.3 Å². The van der Waals surface area contributed by atoms with Crippen LogP contribution in [0.3, 0.4) is 0 Å². The maximum Gasteiger partial charge on any atom is 0.129 e. The molecule has 0 atom stereocenters. The predicted molar refractivity (Wildman–Crippen MR) is 62.8 cm³/mol. The number of hydrogen-bond acceptors (Lipinski definition) is 3. The van der Waals surface area contributed by atoms with E-state index < -0.39 is 0 Å². The van der Waals surface area contributed by atoms with Gasteiger partial charge in [0.25, 0.3) is 0 Å². The van der Waals surface area contributed by atoms with Gasteiger partial charge in [0.2, 0.25) is 0 Å². The van der Waals surface area contributed by atoms with Crippen LogP contribution in [0.25, 0.3) is 0 Å². The van der Waals surface area contributed by atoms with Gasteiger partial charge in [-0.3, -0.25) is 0 Å². The molecule has 0 spiro atoms. The van der Waals surface area contributed by atoms with Gasteiger partial charge in [0.05, 0.1) is 6.54 Å². The summed E-state index contributed by atoms with van der Waals surface area (Å²) < 4.78 is 5.42. The summed E-state index contributed by atoms with van der Waals surface area (Å²) in [6.07, 6.45) is 2.69. The van der Waals surface area contributed by atoms with Gasteiger partial charge in [0.15, 0.2) is 0 Å². The molecule has 1 aromatic heterocycles. The summed E-state index contributed by atoms with van der Waals surface area (Å²) in [6.45, 7) is 6.40. The van der Waals surface area contributed by atoms with E-state index >= 15 is 0 Å². The Morgan fingerprint density at radius 2 is 2.06 bits per heavy atom. The maximum absolute atomic E-state index is 8.87. The first-order valence-corrected chi connectivity index (χ1v) is 6.05. The van der Waals surface area contributed by atoms with Gasteiger partial charge >= 0.3 is 0 Å². The third-order valence-corrected chi connectivity index (χ3v) is 3.77. The van der Waals surface area contributed by atoms with E-state index in [1.165, 1.54) is 12.8 Å². The third kappa shape index (κ3) is 2.47. The second kappa shape index (κ2) is 4.60. The van der Waals surface area contributed by atoms with E-state index in [1.54, 1.807) is 0 Å². The molecule has 90 valence electrons. The lowest BCUT2D eigenvalue weighted by Gasteiger charge is -2.19. The Morgan fingerprint density at radius 3 is 2.56 bits per heavy atom. The van der Waals surface area contributed by atoms with Crippen LogP contribution in [-0.4, -0.2) is 11.7 Å². The van der Waals surface area contributed by atoms with Gasteiger partial charge in [-0.2, -0.15) is 0 Å². The van der Waals surface area contributed by atoms with Crippen molar-refractivity contribution in [1.82, 2.24) is 5.32 Å². The molecule has 1 aliphatic rings. The van der Waals surface area contributed by atoms with Crippen molar-refractivity contribution < 1.29 is 9.52 Å². The van der Waals surface area contributed by atoms with Gasteiger partial charge in [-0.25, -0.2) is 0 Å². The molecular formula is C13H21NO2. The molecule has 1 fully saturated rings. The highest BCUT2D eigenvalue weighted by Crippen LogP contribution is 2.51. The Balaban J connectivity index is 1.76. The summed E-state index contributed by atoms with van der Waals surface area (Å²) in [5.41, 5.74) is 0.534. The quantitative estimate of drug-likeness (QED) is 0.778. The van der Waals surface area contributed by atoms with Crippen molar-refractivity contribution in [3.05, 3.63) is 23.7 Å². The molecule has 0 aromatic carbocycles. The molecule has 2 rings (SSSR count). The van der Waals surface area contributed by atoms with Crippen LogP contribution in [0.4, 0.5) is 0 Å². The van der Waals surface area contributed by atoms with Crippen LogP contribution in [0.1, 0.15) is 38.2 Å². The van der Waals surface area contributed by atoms with E-state index in [-0.39, 0.29) is 6.61 Å². The number of aliphatic hydroxyl groups excluding tert-OH is 1. The number of hydrogen-bond donors (Lipinski definition) is 2. The van der Waals surface area contributed by atoms with Crippen molar-refractivity contribution in [2.45, 2.75) is 39.8 Å². The summed E-state index contributed by atoms with van der Waals surface area (Å²) in [5.74, 6) is 2.30. The fourth-order valence-electron chi connectivity index (χ4n) is 2.16. The predicted octanol–water partition coefficient (Wildman–Crippen LogP) is 2.30. The average Bonchev–Trinajstić information content (AvgIpc) is 2.91. The SMILES string of the molecule is CC(C)C1(CNCc2ccc(CO)o2)CC1. The number of rotatable bonds is 6. The van der Waals surface area contributed by atoms with E-state index in [0.29, 0.717) is 11.2 Å². The maximum atomic E-state index is 8.87. The molecule has 3 heteroatoms. The standard InChI is InChI=1S/C13H21NO2/c1-10(2)13(5-6-13)9-14-7-11-3-4-12(8-15)16-11/h3-4,10,14-15H,5-9H2,1-2H3. The van der Waals surface area contributed by atoms with Crippen LogP contribution in [-0.2, 0) is 13.2 Å². The number of furan rings is 1. The fraction of sp³-hybridized carbons (Fsp3) is 0.692. The summed E-state index contributed by atoms with van der Waals surface area (Å²) in [6, 6.07) is 3.75. The lowest BCUT2D eigenvalue weighted by molar-refractivity contribution is 0.242. The van der Waals surface area contributed by atoms with Gasteiger partial charge in [-0.15, -0.1) is 0 Å². The molecule has 0 unspecified atom stereocenters. The highest BCUT2D eigenvalue weighted by atomic mass is 16.4. The van der Waals surface area contributed by atoms with Crippen LogP contribution < -0.4 is 5.32 Å². The number of nitrogens with one attached hydrogen (secondary N) is 1. The second-order valence-corrected chi connectivity index (χ2v) is 5.15. The van der Waals surface area contributed by atoms with Crippen LogP contribution in [0.5, 0.6) is 0 Å². The zero-order valence-electron chi connectivity index (χ0n) is 10.1. The molecule has 0 radical (unpaired) electrons. The first kappa shape index (κ1) is 11.7. The second-order valence-electron chi connectivity index (χ2n) is 5.15. The average molecular weight is 223 g/mol. The Hall–Kier alpha value is -0.800. The summed E-state index contributed by atoms with van der Waals surface area (Å²) >= 11 is 0. The molecule has 0 aliphatic heterocycles. The lowest BCUT2D eigenvalue weighted by atomic mass is 9.92. The molecule has 3 nitrogen and oxygen atoms in total. The zero-order valence-corrected chi connectivity index (χ0v) is 10.1. The Kier molecular flexibility index (Phi) is 3.36. The smallest absolute Gasteiger partial charge is 0.129 e. The normalized spacial score (nSPS) is 18.0. The largest absolute Gasteiger partial charge is 0.462 e. The molecule has 1 heterocycles. The molecule has 2 N–H and O–H groups in total. The van der Waals surface area contributed by atoms with E-state index in [4.69, 9.17) is 9.52 Å². The Labute approximate surface area is 96.8 Å². The number of aliphatic hydroxyl groups is 1. The van der Waals surface area contributed by atoms with Crippen molar-refractivity contribution >= 4 is 0 Å². The molecular weight excluding hydrogens is 202 g/mol. The van der Waals surface area contributed by atoms with Crippen molar-refractivity contribution in [2.24, 2.45) is 11.3 Å².